The SMILES string of the molecule is CC1C(=O)OCC1C1CCCC1. The Morgan fingerprint density at radius 1 is 1.33 bits per heavy atom. The van der Waals surface area contributed by atoms with E-state index >= 15 is 0 Å². The van der Waals surface area contributed by atoms with E-state index in [-0.39, 0.29) is 11.9 Å². The Labute approximate surface area is 73.3 Å². The maximum atomic E-state index is 11.1. The van der Waals surface area contributed by atoms with E-state index in [0.717, 1.165) is 5.92 Å². The minimum absolute atomic E-state index is 0.0203. The van der Waals surface area contributed by atoms with Crippen molar-refractivity contribution in [2.24, 2.45) is 17.8 Å². The molecule has 2 aliphatic rings. The molecule has 12 heavy (non-hydrogen) atoms. The first-order valence-electron chi connectivity index (χ1n) is 4.95. The van der Waals surface area contributed by atoms with Crippen LogP contribution in [0.1, 0.15) is 32.6 Å². The first kappa shape index (κ1) is 8.09. The Bertz CT molecular complexity index is 182. The molecule has 0 aromatic heterocycles. The van der Waals surface area contributed by atoms with Crippen LogP contribution in [-0.4, -0.2) is 12.6 Å². The molecule has 0 spiro atoms. The topological polar surface area (TPSA) is 26.3 Å². The molecule has 0 radical (unpaired) electrons. The quantitative estimate of drug-likeness (QED) is 0.560. The molecule has 0 aromatic carbocycles. The summed E-state index contributed by atoms with van der Waals surface area (Å²) in [6.45, 7) is 2.70. The van der Waals surface area contributed by atoms with Crippen molar-refractivity contribution in [2.75, 3.05) is 6.61 Å². The van der Waals surface area contributed by atoms with Crippen LogP contribution in [-0.2, 0) is 9.53 Å². The zero-order valence-corrected chi connectivity index (χ0v) is 7.58. The van der Waals surface area contributed by atoms with Crippen LogP contribution in [0.2, 0.25) is 0 Å². The van der Waals surface area contributed by atoms with Gasteiger partial charge in [0.1, 0.15) is 0 Å². The van der Waals surface area contributed by atoms with Crippen LogP contribution in [0.3, 0.4) is 0 Å². The maximum absolute atomic E-state index is 11.1. The lowest BCUT2D eigenvalue weighted by atomic mass is 9.84. The van der Waals surface area contributed by atoms with Gasteiger partial charge >= 0.3 is 5.97 Å². The van der Waals surface area contributed by atoms with Gasteiger partial charge < -0.3 is 4.74 Å². The molecule has 2 rings (SSSR count). The van der Waals surface area contributed by atoms with Crippen molar-refractivity contribution in [3.05, 3.63) is 0 Å². The van der Waals surface area contributed by atoms with E-state index in [1.54, 1.807) is 0 Å². The number of carbonyl (C=O) groups is 1. The number of ether oxygens (including phenoxy) is 1. The Hall–Kier alpha value is -0.530. The van der Waals surface area contributed by atoms with Crippen LogP contribution in [0.25, 0.3) is 0 Å². The van der Waals surface area contributed by atoms with E-state index in [4.69, 9.17) is 4.74 Å². The Morgan fingerprint density at radius 2 is 2.00 bits per heavy atom. The van der Waals surface area contributed by atoms with Crippen molar-refractivity contribution >= 4 is 5.97 Å². The van der Waals surface area contributed by atoms with Crippen LogP contribution < -0.4 is 0 Å². The largest absolute Gasteiger partial charge is 0.465 e. The van der Waals surface area contributed by atoms with Crippen molar-refractivity contribution in [2.45, 2.75) is 32.6 Å². The van der Waals surface area contributed by atoms with E-state index < -0.39 is 0 Å². The first-order valence-corrected chi connectivity index (χ1v) is 4.95. The van der Waals surface area contributed by atoms with Gasteiger partial charge in [-0.25, -0.2) is 0 Å². The summed E-state index contributed by atoms with van der Waals surface area (Å²) < 4.78 is 5.05. The predicted molar refractivity (Wildman–Crippen MR) is 45.6 cm³/mol. The molecule has 0 N–H and O–H groups in total. The van der Waals surface area contributed by atoms with Gasteiger partial charge in [-0.2, -0.15) is 0 Å². The molecule has 1 heterocycles. The predicted octanol–water partition coefficient (Wildman–Crippen LogP) is 1.99. The highest BCUT2D eigenvalue weighted by Crippen LogP contribution is 2.38. The van der Waals surface area contributed by atoms with E-state index in [2.05, 4.69) is 0 Å². The van der Waals surface area contributed by atoms with Crippen molar-refractivity contribution < 1.29 is 9.53 Å². The van der Waals surface area contributed by atoms with Crippen LogP contribution in [0, 0.1) is 17.8 Å². The molecule has 0 amide bonds. The maximum Gasteiger partial charge on any atom is 0.309 e. The molecule has 68 valence electrons. The van der Waals surface area contributed by atoms with Gasteiger partial charge in [0, 0.05) is 5.92 Å². The average Bonchev–Trinajstić information content (AvgIpc) is 2.64. The number of carbonyl (C=O) groups excluding carboxylic acids is 1. The van der Waals surface area contributed by atoms with Crippen LogP contribution in [0.15, 0.2) is 0 Å². The van der Waals surface area contributed by atoms with E-state index in [1.165, 1.54) is 25.7 Å². The minimum atomic E-state index is 0.0203. The number of cyclic esters (lactones) is 1. The Balaban J connectivity index is 1.99. The third-order valence-electron chi connectivity index (χ3n) is 3.44. The molecule has 0 bridgehead atoms. The highest BCUT2D eigenvalue weighted by atomic mass is 16.5. The van der Waals surface area contributed by atoms with E-state index in [1.807, 2.05) is 6.92 Å². The highest BCUT2D eigenvalue weighted by molar-refractivity contribution is 5.74. The van der Waals surface area contributed by atoms with Gasteiger partial charge in [-0.1, -0.05) is 32.6 Å². The second kappa shape index (κ2) is 3.08. The molecule has 2 nitrogen and oxygen atoms in total. The molecule has 2 heteroatoms. The van der Waals surface area contributed by atoms with Crippen molar-refractivity contribution in [3.63, 3.8) is 0 Å². The second-order valence-electron chi connectivity index (χ2n) is 4.13. The third-order valence-corrected chi connectivity index (χ3v) is 3.44. The minimum Gasteiger partial charge on any atom is -0.465 e. The molecule has 1 saturated carbocycles. The van der Waals surface area contributed by atoms with Gasteiger partial charge in [0.15, 0.2) is 0 Å². The van der Waals surface area contributed by atoms with Crippen LogP contribution in [0.5, 0.6) is 0 Å². The summed E-state index contributed by atoms with van der Waals surface area (Å²) in [5.41, 5.74) is 0. The fourth-order valence-corrected chi connectivity index (χ4v) is 2.56. The fraction of sp³-hybridized carbons (Fsp3) is 0.900. The summed E-state index contributed by atoms with van der Waals surface area (Å²) in [5, 5.41) is 0. The lowest BCUT2D eigenvalue weighted by Crippen LogP contribution is -2.19. The molecule has 2 fully saturated rings. The molecule has 1 aliphatic heterocycles. The fourth-order valence-electron chi connectivity index (χ4n) is 2.56. The van der Waals surface area contributed by atoms with Crippen LogP contribution >= 0.6 is 0 Å². The number of rotatable bonds is 1. The highest BCUT2D eigenvalue weighted by Gasteiger charge is 2.39. The summed E-state index contributed by atoms with van der Waals surface area (Å²) >= 11 is 0. The van der Waals surface area contributed by atoms with Gasteiger partial charge in [-0.05, 0) is 5.92 Å². The molecule has 0 aromatic rings. The van der Waals surface area contributed by atoms with Gasteiger partial charge in [0.25, 0.3) is 0 Å². The molecule has 1 saturated heterocycles. The Morgan fingerprint density at radius 3 is 2.50 bits per heavy atom. The van der Waals surface area contributed by atoms with Gasteiger partial charge in [-0.15, -0.1) is 0 Å². The van der Waals surface area contributed by atoms with E-state index in [9.17, 15) is 4.79 Å². The lowest BCUT2D eigenvalue weighted by molar-refractivity contribution is -0.140. The Kier molecular flexibility index (Phi) is 2.07. The third kappa shape index (κ3) is 1.23. The van der Waals surface area contributed by atoms with E-state index in [0.29, 0.717) is 12.5 Å². The zero-order valence-electron chi connectivity index (χ0n) is 7.58. The second-order valence-corrected chi connectivity index (χ2v) is 4.13. The standard InChI is InChI=1S/C10H16O2/c1-7-9(6-12-10(7)11)8-4-2-3-5-8/h7-9H,2-6H2,1H3. The molecular weight excluding hydrogens is 152 g/mol. The summed E-state index contributed by atoms with van der Waals surface area (Å²) in [4.78, 5) is 11.1. The molecule has 2 unspecified atom stereocenters. The molecular formula is C10H16O2. The zero-order chi connectivity index (χ0) is 8.55. The lowest BCUT2D eigenvalue weighted by Gasteiger charge is -2.17. The van der Waals surface area contributed by atoms with Crippen molar-refractivity contribution in [1.82, 2.24) is 0 Å². The normalized spacial score (nSPS) is 37.2. The number of esters is 1. The first-order chi connectivity index (χ1) is 5.79. The summed E-state index contributed by atoms with van der Waals surface area (Å²) in [6.07, 6.45) is 5.32. The number of hydrogen-bond donors (Lipinski definition) is 0. The monoisotopic (exact) mass is 168 g/mol. The van der Waals surface area contributed by atoms with Gasteiger partial charge in [-0.3, -0.25) is 4.79 Å². The van der Waals surface area contributed by atoms with Gasteiger partial charge in [0.2, 0.25) is 0 Å². The smallest absolute Gasteiger partial charge is 0.309 e. The number of hydrogen-bond acceptors (Lipinski definition) is 2. The van der Waals surface area contributed by atoms with Crippen LogP contribution in [0.4, 0.5) is 0 Å². The van der Waals surface area contributed by atoms with Crippen molar-refractivity contribution in [3.8, 4) is 0 Å². The summed E-state index contributed by atoms with van der Waals surface area (Å²) in [6, 6.07) is 0. The summed E-state index contributed by atoms with van der Waals surface area (Å²) in [7, 11) is 0. The summed E-state index contributed by atoms with van der Waals surface area (Å²) in [5.74, 6) is 1.48. The van der Waals surface area contributed by atoms with Gasteiger partial charge in [0.05, 0.1) is 12.5 Å². The van der Waals surface area contributed by atoms with Crippen molar-refractivity contribution in [1.29, 1.82) is 0 Å². The average molecular weight is 168 g/mol. The molecule has 2 atom stereocenters. The molecule has 1 aliphatic carbocycles.